The number of aryl methyl sites for hydroxylation is 2. The van der Waals surface area contributed by atoms with Crippen molar-refractivity contribution in [1.29, 1.82) is 10.5 Å². The molecule has 0 saturated heterocycles. The summed E-state index contributed by atoms with van der Waals surface area (Å²) in [6, 6.07) is 65.6. The van der Waals surface area contributed by atoms with Crippen LogP contribution in [-0.4, -0.2) is 9.13 Å². The van der Waals surface area contributed by atoms with E-state index in [0.717, 1.165) is 82.8 Å². The monoisotopic (exact) mass is 850 g/mol. The number of para-hydroxylation sites is 2. The van der Waals surface area contributed by atoms with Crippen molar-refractivity contribution in [1.82, 2.24) is 9.13 Å². The Hall–Kier alpha value is -8.00. The molecule has 0 fully saturated rings. The van der Waals surface area contributed by atoms with Crippen LogP contribution in [0, 0.1) is 36.5 Å². The number of benzene rings is 9. The lowest BCUT2D eigenvalue weighted by atomic mass is 9.84. The number of fused-ring (bicyclic) bond motifs is 14. The molecule has 64 heavy (non-hydrogen) atoms. The molecule has 0 bridgehead atoms. The van der Waals surface area contributed by atoms with E-state index in [4.69, 9.17) is 0 Å². The second-order valence-electron chi connectivity index (χ2n) is 16.6. The molecule has 4 heterocycles. The summed E-state index contributed by atoms with van der Waals surface area (Å²) in [5.41, 5.74) is 11.7. The lowest BCUT2D eigenvalue weighted by Gasteiger charge is -2.26. The van der Waals surface area contributed by atoms with Crippen molar-refractivity contribution in [3.63, 3.8) is 0 Å². The minimum Gasteiger partial charge on any atom is -0.307 e. The van der Waals surface area contributed by atoms with Gasteiger partial charge in [-0.3, -0.25) is 0 Å². The summed E-state index contributed by atoms with van der Waals surface area (Å²) in [7, 11) is 0. The number of nitriles is 2. The fraction of sp³-hybridized carbons (Fsp3) is 0.0345. The predicted octanol–water partition coefficient (Wildman–Crippen LogP) is 16.3. The van der Waals surface area contributed by atoms with Gasteiger partial charge in [-0.15, -0.1) is 22.7 Å². The fourth-order valence-corrected chi connectivity index (χ4v) is 13.1. The molecule has 0 unspecified atom stereocenters. The minimum absolute atomic E-state index is 0.458. The van der Waals surface area contributed by atoms with Crippen molar-refractivity contribution in [2.45, 2.75) is 13.8 Å². The van der Waals surface area contributed by atoms with Gasteiger partial charge in [-0.05, 0) is 72.5 Å². The van der Waals surface area contributed by atoms with E-state index in [2.05, 4.69) is 193 Å². The molecular weight excluding hydrogens is 817 g/mol. The minimum atomic E-state index is 0.458. The van der Waals surface area contributed by atoms with Gasteiger partial charge in [-0.25, -0.2) is 0 Å². The number of nitrogens with zero attached hydrogens (tertiary/aromatic N) is 4. The van der Waals surface area contributed by atoms with E-state index < -0.39 is 0 Å². The zero-order valence-corrected chi connectivity index (χ0v) is 36.4. The smallest absolute Gasteiger partial charge is 0.102 e. The van der Waals surface area contributed by atoms with E-state index in [1.165, 1.54) is 40.3 Å². The third-order valence-corrected chi connectivity index (χ3v) is 15.7. The Morgan fingerprint density at radius 1 is 0.375 bits per heavy atom. The highest BCUT2D eigenvalue weighted by Crippen LogP contribution is 2.52. The molecule has 0 spiro atoms. The average molecular weight is 851 g/mol. The number of hydrogen-bond donors (Lipinski definition) is 0. The van der Waals surface area contributed by atoms with Gasteiger partial charge in [-0.2, -0.15) is 10.5 Å². The first-order valence-corrected chi connectivity index (χ1v) is 23.0. The number of thiophene rings is 2. The van der Waals surface area contributed by atoms with Gasteiger partial charge in [0, 0.05) is 73.0 Å². The molecule has 6 heteroatoms. The SMILES string of the molecule is Cc1ccccc1-c1c(C#N)c(-n2c3ccccc3c3c4sc5ccccc5c4ccc32)c(-c2ccccc2C)c(-n2c3ccccc3c3c4sc5ccccc5c4ccc32)c1C#N. The molecule has 0 amide bonds. The summed E-state index contributed by atoms with van der Waals surface area (Å²) in [6.07, 6.45) is 0. The predicted molar refractivity (Wildman–Crippen MR) is 271 cm³/mol. The number of aromatic nitrogens is 2. The molecule has 4 aromatic heterocycles. The average Bonchev–Trinajstić information content (AvgIpc) is 4.09. The van der Waals surface area contributed by atoms with Gasteiger partial charge in [0.2, 0.25) is 0 Å². The topological polar surface area (TPSA) is 57.4 Å². The largest absolute Gasteiger partial charge is 0.307 e. The van der Waals surface area contributed by atoms with Gasteiger partial charge < -0.3 is 9.13 Å². The molecule has 0 aliphatic carbocycles. The molecule has 0 saturated carbocycles. The second-order valence-corrected chi connectivity index (χ2v) is 18.7. The van der Waals surface area contributed by atoms with Gasteiger partial charge in [0.15, 0.2) is 0 Å². The van der Waals surface area contributed by atoms with E-state index in [0.29, 0.717) is 16.7 Å². The summed E-state index contributed by atoms with van der Waals surface area (Å²) < 4.78 is 9.57. The highest BCUT2D eigenvalue weighted by atomic mass is 32.1. The Kier molecular flexibility index (Phi) is 7.87. The van der Waals surface area contributed by atoms with E-state index in [-0.39, 0.29) is 0 Å². The molecule has 13 rings (SSSR count). The first kappa shape index (κ1) is 36.6. The number of hydrogen-bond acceptors (Lipinski definition) is 4. The fourth-order valence-electron chi connectivity index (χ4n) is 10.6. The molecule has 0 aliphatic heterocycles. The van der Waals surface area contributed by atoms with Crippen LogP contribution in [0.25, 0.3) is 118 Å². The number of rotatable bonds is 4. The Bertz CT molecular complexity index is 4030. The van der Waals surface area contributed by atoms with Gasteiger partial charge in [0.25, 0.3) is 0 Å². The van der Waals surface area contributed by atoms with Gasteiger partial charge in [-0.1, -0.05) is 133 Å². The maximum Gasteiger partial charge on any atom is 0.102 e. The molecule has 0 aliphatic rings. The Morgan fingerprint density at radius 3 is 1.22 bits per heavy atom. The Balaban J connectivity index is 1.31. The molecule has 4 nitrogen and oxygen atoms in total. The molecule has 0 atom stereocenters. The van der Waals surface area contributed by atoms with Gasteiger partial charge >= 0.3 is 0 Å². The second kappa shape index (κ2) is 13.8. The van der Waals surface area contributed by atoms with E-state index in [9.17, 15) is 10.5 Å². The van der Waals surface area contributed by atoms with Crippen LogP contribution in [0.2, 0.25) is 0 Å². The van der Waals surface area contributed by atoms with Crippen molar-refractivity contribution in [2.24, 2.45) is 0 Å². The highest BCUT2D eigenvalue weighted by molar-refractivity contribution is 7.27. The third kappa shape index (κ3) is 4.90. The highest BCUT2D eigenvalue weighted by Gasteiger charge is 2.33. The van der Waals surface area contributed by atoms with Crippen LogP contribution in [0.4, 0.5) is 0 Å². The molecular formula is C58H34N4S2. The standard InChI is InChI=1S/C58H34N4S2/c1-33-15-3-5-17-35(33)51-43(31-59)55(61-45-23-11-7-21-41(45)52-47(61)29-27-39-37-19-9-13-25-49(37)63-57(39)52)54(36-18-6-4-16-34(36)2)56(44(51)32-60)62-46-24-12-8-22-42(46)53-48(62)30-28-40-38-20-10-14-26-50(38)64-58(40)53/h3-30H,1-2H3. The van der Waals surface area contributed by atoms with Crippen molar-refractivity contribution in [3.8, 4) is 45.8 Å². The van der Waals surface area contributed by atoms with Crippen molar-refractivity contribution in [2.75, 3.05) is 0 Å². The lowest BCUT2D eigenvalue weighted by molar-refractivity contribution is 1.12. The summed E-state index contributed by atoms with van der Waals surface area (Å²) in [6.45, 7) is 4.21. The summed E-state index contributed by atoms with van der Waals surface area (Å²) in [5.74, 6) is 0. The zero-order valence-electron chi connectivity index (χ0n) is 34.8. The van der Waals surface area contributed by atoms with Gasteiger partial charge in [0.1, 0.15) is 12.1 Å². The molecule has 298 valence electrons. The Morgan fingerprint density at radius 2 is 0.766 bits per heavy atom. The molecule has 9 aromatic carbocycles. The maximum absolute atomic E-state index is 11.9. The third-order valence-electron chi connectivity index (χ3n) is 13.3. The summed E-state index contributed by atoms with van der Waals surface area (Å²) in [5, 5.41) is 33.2. The van der Waals surface area contributed by atoms with E-state index in [1.54, 1.807) is 0 Å². The van der Waals surface area contributed by atoms with Gasteiger partial charge in [0.05, 0.1) is 44.6 Å². The first-order valence-electron chi connectivity index (χ1n) is 21.4. The molecule has 13 aromatic rings. The van der Waals surface area contributed by atoms with Crippen LogP contribution in [0.5, 0.6) is 0 Å². The summed E-state index contributed by atoms with van der Waals surface area (Å²) >= 11 is 3.63. The van der Waals surface area contributed by atoms with Crippen molar-refractivity contribution in [3.05, 3.63) is 192 Å². The molecule has 0 N–H and O–H groups in total. The van der Waals surface area contributed by atoms with Crippen LogP contribution in [-0.2, 0) is 0 Å². The normalized spacial score (nSPS) is 11.9. The zero-order chi connectivity index (χ0) is 42.8. The Labute approximate surface area is 375 Å². The van der Waals surface area contributed by atoms with Crippen molar-refractivity contribution < 1.29 is 0 Å². The lowest BCUT2D eigenvalue weighted by Crippen LogP contribution is -2.11. The van der Waals surface area contributed by atoms with Crippen LogP contribution in [0.1, 0.15) is 22.3 Å². The van der Waals surface area contributed by atoms with E-state index in [1.807, 2.05) is 34.8 Å². The first-order chi connectivity index (χ1) is 31.6. The van der Waals surface area contributed by atoms with E-state index >= 15 is 0 Å². The van der Waals surface area contributed by atoms with Crippen LogP contribution >= 0.6 is 22.7 Å². The summed E-state index contributed by atoms with van der Waals surface area (Å²) in [4.78, 5) is 0. The van der Waals surface area contributed by atoms with Crippen molar-refractivity contribution >= 4 is 107 Å². The van der Waals surface area contributed by atoms with Crippen LogP contribution in [0.15, 0.2) is 170 Å². The van der Waals surface area contributed by atoms with Crippen LogP contribution in [0.3, 0.4) is 0 Å². The maximum atomic E-state index is 11.9. The quantitative estimate of drug-likeness (QED) is 0.177. The molecule has 0 radical (unpaired) electrons. The van der Waals surface area contributed by atoms with Crippen LogP contribution < -0.4 is 0 Å².